The zero-order valence-corrected chi connectivity index (χ0v) is 12.8. The molecule has 21 heavy (non-hydrogen) atoms. The summed E-state index contributed by atoms with van der Waals surface area (Å²) in [5.41, 5.74) is 0.254. The molecule has 0 heterocycles. The van der Waals surface area contributed by atoms with Gasteiger partial charge in [-0.2, -0.15) is 0 Å². The zero-order valence-electron chi connectivity index (χ0n) is 12.0. The van der Waals surface area contributed by atoms with Crippen LogP contribution in [-0.2, 0) is 24.4 Å². The molecule has 1 aromatic carbocycles. The molecule has 2 N–H and O–H groups in total. The SMILES string of the molecule is COCCONS(=O)(=O)c1ccc(OC)c(NC(C)=O)c1. The van der Waals surface area contributed by atoms with Crippen LogP contribution in [0.3, 0.4) is 0 Å². The third kappa shape index (κ3) is 5.31. The molecule has 0 radical (unpaired) electrons. The van der Waals surface area contributed by atoms with E-state index in [1.54, 1.807) is 0 Å². The molecule has 118 valence electrons. The number of methoxy groups -OCH3 is 2. The maximum atomic E-state index is 12.0. The Morgan fingerprint density at radius 3 is 2.52 bits per heavy atom. The van der Waals surface area contributed by atoms with Gasteiger partial charge in [0.2, 0.25) is 5.91 Å². The number of hydrogen-bond acceptors (Lipinski definition) is 6. The van der Waals surface area contributed by atoms with E-state index in [1.165, 1.54) is 39.3 Å². The molecule has 1 aromatic rings. The molecule has 8 nitrogen and oxygen atoms in total. The van der Waals surface area contributed by atoms with Crippen molar-refractivity contribution >= 4 is 21.6 Å². The Hall–Kier alpha value is -1.68. The van der Waals surface area contributed by atoms with Crippen molar-refractivity contribution in [3.63, 3.8) is 0 Å². The lowest BCUT2D eigenvalue weighted by molar-refractivity contribution is -0.114. The van der Waals surface area contributed by atoms with Gasteiger partial charge in [0, 0.05) is 14.0 Å². The zero-order chi connectivity index (χ0) is 15.9. The average Bonchev–Trinajstić information content (AvgIpc) is 2.43. The van der Waals surface area contributed by atoms with E-state index in [0.717, 1.165) is 0 Å². The third-order valence-corrected chi connectivity index (χ3v) is 3.56. The molecule has 0 aliphatic rings. The molecule has 0 atom stereocenters. The number of sulfonamides is 1. The molecule has 9 heteroatoms. The Morgan fingerprint density at radius 2 is 1.95 bits per heavy atom. The van der Waals surface area contributed by atoms with Crippen LogP contribution in [0.1, 0.15) is 6.92 Å². The van der Waals surface area contributed by atoms with Gasteiger partial charge in [0.15, 0.2) is 0 Å². The lowest BCUT2D eigenvalue weighted by atomic mass is 10.3. The van der Waals surface area contributed by atoms with Crippen LogP contribution in [0.15, 0.2) is 23.1 Å². The Morgan fingerprint density at radius 1 is 1.24 bits per heavy atom. The number of rotatable bonds is 8. The summed E-state index contributed by atoms with van der Waals surface area (Å²) in [5, 5.41) is 2.50. The summed E-state index contributed by atoms with van der Waals surface area (Å²) in [6, 6.07) is 4.06. The van der Waals surface area contributed by atoms with Crippen LogP contribution in [-0.4, -0.2) is 41.8 Å². The Balaban J connectivity index is 2.93. The van der Waals surface area contributed by atoms with Crippen LogP contribution in [0, 0.1) is 0 Å². The van der Waals surface area contributed by atoms with Crippen LogP contribution in [0.2, 0.25) is 0 Å². The maximum absolute atomic E-state index is 12.0. The fourth-order valence-electron chi connectivity index (χ4n) is 1.43. The first kappa shape index (κ1) is 17.4. The Bertz CT molecular complexity index is 587. The van der Waals surface area contributed by atoms with E-state index in [0.29, 0.717) is 5.75 Å². The molecule has 0 spiro atoms. The van der Waals surface area contributed by atoms with E-state index < -0.39 is 10.0 Å². The summed E-state index contributed by atoms with van der Waals surface area (Å²) >= 11 is 0. The highest BCUT2D eigenvalue weighted by Gasteiger charge is 2.17. The summed E-state index contributed by atoms with van der Waals surface area (Å²) in [7, 11) is -0.968. The molecule has 0 fully saturated rings. The minimum Gasteiger partial charge on any atom is -0.495 e. The number of nitrogens with one attached hydrogen (secondary N) is 2. The van der Waals surface area contributed by atoms with Gasteiger partial charge in [0.25, 0.3) is 10.0 Å². The molecular formula is C12H18N2O6S. The number of hydrogen-bond donors (Lipinski definition) is 2. The smallest absolute Gasteiger partial charge is 0.262 e. The molecule has 1 amide bonds. The Labute approximate surface area is 123 Å². The van der Waals surface area contributed by atoms with Crippen molar-refractivity contribution in [1.82, 2.24) is 4.89 Å². The van der Waals surface area contributed by atoms with Gasteiger partial charge in [-0.15, -0.1) is 0 Å². The Kier molecular flexibility index (Phi) is 6.56. The van der Waals surface area contributed by atoms with Gasteiger partial charge >= 0.3 is 0 Å². The van der Waals surface area contributed by atoms with Crippen LogP contribution in [0.4, 0.5) is 5.69 Å². The second-order valence-electron chi connectivity index (χ2n) is 3.97. The van der Waals surface area contributed by atoms with Gasteiger partial charge in [-0.05, 0) is 18.2 Å². The van der Waals surface area contributed by atoms with E-state index >= 15 is 0 Å². The van der Waals surface area contributed by atoms with Gasteiger partial charge in [0.1, 0.15) is 5.75 Å². The fourth-order valence-corrected chi connectivity index (χ4v) is 2.29. The lowest BCUT2D eigenvalue weighted by Gasteiger charge is -2.12. The highest BCUT2D eigenvalue weighted by atomic mass is 32.2. The highest BCUT2D eigenvalue weighted by Crippen LogP contribution is 2.27. The monoisotopic (exact) mass is 318 g/mol. The van der Waals surface area contributed by atoms with E-state index in [9.17, 15) is 13.2 Å². The summed E-state index contributed by atoms with van der Waals surface area (Å²) in [5.74, 6) is 0.0107. The van der Waals surface area contributed by atoms with Gasteiger partial charge < -0.3 is 14.8 Å². The first-order valence-corrected chi connectivity index (χ1v) is 7.47. The summed E-state index contributed by atoms with van der Waals surface area (Å²) in [6.45, 7) is 1.64. The van der Waals surface area contributed by atoms with E-state index in [-0.39, 0.29) is 29.7 Å². The van der Waals surface area contributed by atoms with Crippen molar-refractivity contribution in [2.75, 3.05) is 32.8 Å². The van der Waals surface area contributed by atoms with Gasteiger partial charge in [0.05, 0.1) is 30.9 Å². The summed E-state index contributed by atoms with van der Waals surface area (Å²) < 4.78 is 33.8. The standard InChI is InChI=1S/C12H18N2O6S/c1-9(15)13-11-8-10(4-5-12(11)19-3)21(16,17)14-20-7-6-18-2/h4-5,8,14H,6-7H2,1-3H3,(H,13,15). The van der Waals surface area contributed by atoms with Crippen LogP contribution in [0.25, 0.3) is 0 Å². The summed E-state index contributed by atoms with van der Waals surface area (Å²) in [4.78, 5) is 17.8. The first-order chi connectivity index (χ1) is 9.90. The highest BCUT2D eigenvalue weighted by molar-refractivity contribution is 7.89. The predicted molar refractivity (Wildman–Crippen MR) is 75.4 cm³/mol. The van der Waals surface area contributed by atoms with E-state index in [2.05, 4.69) is 5.32 Å². The van der Waals surface area contributed by atoms with Crippen molar-refractivity contribution in [3.05, 3.63) is 18.2 Å². The largest absolute Gasteiger partial charge is 0.495 e. The molecule has 0 aromatic heterocycles. The number of ether oxygens (including phenoxy) is 2. The van der Waals surface area contributed by atoms with Crippen LogP contribution in [0.5, 0.6) is 5.75 Å². The molecule has 1 rings (SSSR count). The van der Waals surface area contributed by atoms with Crippen molar-refractivity contribution in [2.45, 2.75) is 11.8 Å². The molecule has 0 saturated carbocycles. The average molecular weight is 318 g/mol. The normalized spacial score (nSPS) is 11.2. The van der Waals surface area contributed by atoms with Gasteiger partial charge in [-0.1, -0.05) is 4.89 Å². The fraction of sp³-hybridized carbons (Fsp3) is 0.417. The molecular weight excluding hydrogens is 300 g/mol. The predicted octanol–water partition coefficient (Wildman–Crippen LogP) is 0.510. The molecule has 0 unspecified atom stereocenters. The first-order valence-electron chi connectivity index (χ1n) is 5.99. The molecule has 0 saturated heterocycles. The van der Waals surface area contributed by atoms with Crippen LogP contribution < -0.4 is 14.9 Å². The lowest BCUT2D eigenvalue weighted by Crippen LogP contribution is -2.25. The number of carbonyl (C=O) groups excluding carboxylic acids is 1. The van der Waals surface area contributed by atoms with Gasteiger partial charge in [-0.25, -0.2) is 8.42 Å². The van der Waals surface area contributed by atoms with Crippen molar-refractivity contribution in [2.24, 2.45) is 0 Å². The third-order valence-electron chi connectivity index (χ3n) is 2.35. The number of amides is 1. The second-order valence-corrected chi connectivity index (χ2v) is 5.62. The van der Waals surface area contributed by atoms with Crippen LogP contribution >= 0.6 is 0 Å². The minimum absolute atomic E-state index is 0.0653. The molecule has 0 bridgehead atoms. The number of benzene rings is 1. The minimum atomic E-state index is -3.86. The summed E-state index contributed by atoms with van der Waals surface area (Å²) in [6.07, 6.45) is 0. The molecule has 0 aliphatic heterocycles. The van der Waals surface area contributed by atoms with Crippen molar-refractivity contribution in [1.29, 1.82) is 0 Å². The number of anilines is 1. The topological polar surface area (TPSA) is 103 Å². The second kappa shape index (κ2) is 7.93. The van der Waals surface area contributed by atoms with E-state index in [4.69, 9.17) is 14.3 Å². The quantitative estimate of drug-likeness (QED) is 0.535. The van der Waals surface area contributed by atoms with Gasteiger partial charge in [-0.3, -0.25) is 9.63 Å². The molecule has 0 aliphatic carbocycles. The maximum Gasteiger partial charge on any atom is 0.262 e. The van der Waals surface area contributed by atoms with Crippen molar-refractivity contribution in [3.8, 4) is 5.75 Å². The van der Waals surface area contributed by atoms with E-state index in [1.807, 2.05) is 4.89 Å². The van der Waals surface area contributed by atoms with Crippen molar-refractivity contribution < 1.29 is 27.5 Å². The number of carbonyl (C=O) groups is 1.